The first-order valence-electron chi connectivity index (χ1n) is 8.65. The Balaban J connectivity index is 1.53. The number of carbonyl (C=O) groups excluding carboxylic acids is 1. The van der Waals surface area contributed by atoms with E-state index in [2.05, 4.69) is 15.5 Å². The van der Waals surface area contributed by atoms with E-state index in [9.17, 15) is 4.79 Å². The predicted molar refractivity (Wildman–Crippen MR) is 104 cm³/mol. The topological polar surface area (TPSA) is 86.5 Å². The summed E-state index contributed by atoms with van der Waals surface area (Å²) in [5, 5.41) is 11.1. The number of nitrogens with one attached hydrogen (secondary N) is 1. The first-order chi connectivity index (χ1) is 13.6. The third kappa shape index (κ3) is 5.01. The number of methoxy groups -OCH3 is 2. The molecule has 7 nitrogen and oxygen atoms in total. The molecule has 1 amide bonds. The minimum Gasteiger partial charge on any atom is -0.493 e. The first kappa shape index (κ1) is 19.7. The number of ether oxygens (including phenoxy) is 2. The van der Waals surface area contributed by atoms with Crippen LogP contribution in [0.3, 0.4) is 0 Å². The highest BCUT2D eigenvalue weighted by atomic mass is 35.5. The molecule has 28 heavy (non-hydrogen) atoms. The van der Waals surface area contributed by atoms with Crippen LogP contribution in [0.25, 0.3) is 0 Å². The zero-order valence-corrected chi connectivity index (χ0v) is 16.3. The molecule has 0 atom stereocenters. The van der Waals surface area contributed by atoms with Crippen LogP contribution in [0.2, 0.25) is 5.02 Å². The molecular weight excluding hydrogens is 382 g/mol. The third-order valence-electron chi connectivity index (χ3n) is 4.05. The van der Waals surface area contributed by atoms with Gasteiger partial charge in [-0.3, -0.25) is 4.79 Å². The number of nitrogens with zero attached hydrogens (tertiary/aromatic N) is 2. The van der Waals surface area contributed by atoms with Gasteiger partial charge in [0.05, 0.1) is 20.6 Å². The van der Waals surface area contributed by atoms with Crippen molar-refractivity contribution in [1.29, 1.82) is 0 Å². The first-order valence-corrected chi connectivity index (χ1v) is 9.02. The second kappa shape index (κ2) is 9.23. The van der Waals surface area contributed by atoms with Crippen LogP contribution in [0.15, 0.2) is 46.9 Å². The van der Waals surface area contributed by atoms with Crippen LogP contribution in [0.4, 0.5) is 0 Å². The van der Waals surface area contributed by atoms with Crippen molar-refractivity contribution in [3.8, 4) is 11.5 Å². The normalized spacial score (nSPS) is 10.5. The van der Waals surface area contributed by atoms with Gasteiger partial charge in [0.25, 0.3) is 0 Å². The molecule has 2 aromatic carbocycles. The van der Waals surface area contributed by atoms with Gasteiger partial charge in [-0.2, -0.15) is 0 Å². The van der Waals surface area contributed by atoms with Gasteiger partial charge in [-0.1, -0.05) is 29.8 Å². The molecule has 0 aliphatic rings. The van der Waals surface area contributed by atoms with E-state index in [1.165, 1.54) is 0 Å². The monoisotopic (exact) mass is 401 g/mol. The van der Waals surface area contributed by atoms with Gasteiger partial charge >= 0.3 is 11.8 Å². The largest absolute Gasteiger partial charge is 0.493 e. The van der Waals surface area contributed by atoms with E-state index in [1.807, 2.05) is 36.4 Å². The number of rotatable bonds is 8. The Kier molecular flexibility index (Phi) is 6.49. The summed E-state index contributed by atoms with van der Waals surface area (Å²) in [4.78, 5) is 12.2. The van der Waals surface area contributed by atoms with Crippen LogP contribution in [0.5, 0.6) is 11.5 Å². The molecular formula is C20H20ClN3O4. The SMILES string of the molecule is COc1ccc(CCNC(=O)c2nnc(Cc3cccc(Cl)c3)o2)cc1OC. The van der Waals surface area contributed by atoms with Gasteiger partial charge in [0, 0.05) is 11.6 Å². The molecule has 0 radical (unpaired) electrons. The van der Waals surface area contributed by atoms with Gasteiger partial charge in [0.2, 0.25) is 5.89 Å². The van der Waals surface area contributed by atoms with Crippen molar-refractivity contribution in [1.82, 2.24) is 15.5 Å². The average molecular weight is 402 g/mol. The van der Waals surface area contributed by atoms with Gasteiger partial charge < -0.3 is 19.2 Å². The lowest BCUT2D eigenvalue weighted by Gasteiger charge is -2.09. The zero-order valence-electron chi connectivity index (χ0n) is 15.6. The Bertz CT molecular complexity index is 958. The van der Waals surface area contributed by atoms with E-state index in [4.69, 9.17) is 25.5 Å². The van der Waals surface area contributed by atoms with Gasteiger partial charge in [-0.05, 0) is 41.8 Å². The predicted octanol–water partition coefficient (Wildman–Crippen LogP) is 3.30. The molecule has 0 aliphatic carbocycles. The standard InChI is InChI=1S/C20H20ClN3O4/c1-26-16-7-6-13(11-17(16)27-2)8-9-22-19(25)20-24-23-18(28-20)12-14-4-3-5-15(21)10-14/h3-7,10-11H,8-9,12H2,1-2H3,(H,22,25). The van der Waals surface area contributed by atoms with Gasteiger partial charge in [-0.15, -0.1) is 10.2 Å². The van der Waals surface area contributed by atoms with Crippen molar-refractivity contribution in [3.05, 3.63) is 70.4 Å². The second-order valence-corrected chi connectivity index (χ2v) is 6.44. The number of carbonyl (C=O) groups is 1. The van der Waals surface area contributed by atoms with Crippen molar-refractivity contribution < 1.29 is 18.7 Å². The molecule has 3 aromatic rings. The van der Waals surface area contributed by atoms with Crippen LogP contribution in [0, 0.1) is 0 Å². The fourth-order valence-corrected chi connectivity index (χ4v) is 2.88. The van der Waals surface area contributed by atoms with Crippen LogP contribution in [-0.4, -0.2) is 36.9 Å². The van der Waals surface area contributed by atoms with Crippen LogP contribution in [-0.2, 0) is 12.8 Å². The minimum atomic E-state index is -0.412. The lowest BCUT2D eigenvalue weighted by Crippen LogP contribution is -2.26. The fraction of sp³-hybridized carbons (Fsp3) is 0.250. The van der Waals surface area contributed by atoms with Crippen molar-refractivity contribution in [2.24, 2.45) is 0 Å². The quantitative estimate of drug-likeness (QED) is 0.623. The van der Waals surface area contributed by atoms with Crippen molar-refractivity contribution in [2.75, 3.05) is 20.8 Å². The number of benzene rings is 2. The molecule has 0 aliphatic heterocycles. The zero-order chi connectivity index (χ0) is 19.9. The summed E-state index contributed by atoms with van der Waals surface area (Å²) >= 11 is 5.96. The molecule has 0 unspecified atom stereocenters. The smallest absolute Gasteiger partial charge is 0.308 e. The summed E-state index contributed by atoms with van der Waals surface area (Å²) in [6.07, 6.45) is 1.03. The van der Waals surface area contributed by atoms with E-state index in [-0.39, 0.29) is 5.89 Å². The molecule has 0 bridgehead atoms. The highest BCUT2D eigenvalue weighted by Crippen LogP contribution is 2.27. The Morgan fingerprint density at radius 2 is 1.89 bits per heavy atom. The van der Waals surface area contributed by atoms with Crippen molar-refractivity contribution in [3.63, 3.8) is 0 Å². The number of hydrogen-bond donors (Lipinski definition) is 1. The molecule has 0 saturated carbocycles. The molecule has 1 aromatic heterocycles. The molecule has 146 valence electrons. The highest BCUT2D eigenvalue weighted by molar-refractivity contribution is 6.30. The van der Waals surface area contributed by atoms with E-state index in [0.29, 0.717) is 41.8 Å². The summed E-state index contributed by atoms with van der Waals surface area (Å²) in [7, 11) is 3.17. The van der Waals surface area contributed by atoms with Gasteiger partial charge in [0.15, 0.2) is 11.5 Å². The molecule has 0 fully saturated rings. The molecule has 8 heteroatoms. The average Bonchev–Trinajstić information content (AvgIpc) is 3.16. The molecule has 0 saturated heterocycles. The summed E-state index contributed by atoms with van der Waals surface area (Å²) in [5.74, 6) is 1.18. The Morgan fingerprint density at radius 3 is 2.64 bits per heavy atom. The number of aromatic nitrogens is 2. The van der Waals surface area contributed by atoms with Gasteiger partial charge in [-0.25, -0.2) is 0 Å². The molecule has 0 spiro atoms. The van der Waals surface area contributed by atoms with Crippen LogP contribution in [0.1, 0.15) is 27.7 Å². The third-order valence-corrected chi connectivity index (χ3v) is 4.29. The summed E-state index contributed by atoms with van der Waals surface area (Å²) in [6.45, 7) is 0.417. The van der Waals surface area contributed by atoms with E-state index < -0.39 is 5.91 Å². The number of amides is 1. The highest BCUT2D eigenvalue weighted by Gasteiger charge is 2.15. The van der Waals surface area contributed by atoms with Gasteiger partial charge in [0.1, 0.15) is 0 Å². The molecule has 1 heterocycles. The van der Waals surface area contributed by atoms with E-state index in [0.717, 1.165) is 11.1 Å². The lowest BCUT2D eigenvalue weighted by atomic mass is 10.1. The maximum Gasteiger partial charge on any atom is 0.308 e. The molecule has 3 rings (SSSR count). The Labute approximate surface area is 167 Å². The maximum absolute atomic E-state index is 12.2. The van der Waals surface area contributed by atoms with Crippen molar-refractivity contribution in [2.45, 2.75) is 12.8 Å². The van der Waals surface area contributed by atoms with Crippen molar-refractivity contribution >= 4 is 17.5 Å². The van der Waals surface area contributed by atoms with E-state index >= 15 is 0 Å². The van der Waals surface area contributed by atoms with Crippen LogP contribution < -0.4 is 14.8 Å². The minimum absolute atomic E-state index is 0.0654. The number of halogens is 1. The lowest BCUT2D eigenvalue weighted by molar-refractivity contribution is 0.0918. The van der Waals surface area contributed by atoms with Crippen LogP contribution >= 0.6 is 11.6 Å². The summed E-state index contributed by atoms with van der Waals surface area (Å²) in [6, 6.07) is 13.0. The van der Waals surface area contributed by atoms with E-state index in [1.54, 1.807) is 20.3 Å². The summed E-state index contributed by atoms with van der Waals surface area (Å²) in [5.41, 5.74) is 1.93. The number of hydrogen-bond acceptors (Lipinski definition) is 6. The maximum atomic E-state index is 12.2. The second-order valence-electron chi connectivity index (χ2n) is 6.00. The fourth-order valence-electron chi connectivity index (χ4n) is 2.67. The molecule has 1 N–H and O–H groups in total. The summed E-state index contributed by atoms with van der Waals surface area (Å²) < 4.78 is 15.9. The Morgan fingerprint density at radius 1 is 1.07 bits per heavy atom. The Hall–Kier alpha value is -3.06.